The lowest BCUT2D eigenvalue weighted by Gasteiger charge is -2.41. The molecule has 1 aliphatic carbocycles. The Morgan fingerprint density at radius 3 is 2.81 bits per heavy atom. The highest BCUT2D eigenvalue weighted by atomic mass is 79.9. The summed E-state index contributed by atoms with van der Waals surface area (Å²) in [5, 5.41) is 18.6. The lowest BCUT2D eigenvalue weighted by Crippen LogP contribution is -2.53. The summed E-state index contributed by atoms with van der Waals surface area (Å²) in [4.78, 5) is 9.41. The van der Waals surface area contributed by atoms with Crippen molar-refractivity contribution in [3.63, 3.8) is 0 Å². The van der Waals surface area contributed by atoms with Crippen molar-refractivity contribution < 1.29 is 9.50 Å². The van der Waals surface area contributed by atoms with E-state index in [1.165, 1.54) is 12.1 Å². The van der Waals surface area contributed by atoms with Crippen molar-refractivity contribution in [3.8, 4) is 11.1 Å². The van der Waals surface area contributed by atoms with Gasteiger partial charge >= 0.3 is 0 Å². The molecule has 160 valence electrons. The second-order valence-corrected chi connectivity index (χ2v) is 8.97. The fourth-order valence-corrected chi connectivity index (χ4v) is 4.90. The zero-order chi connectivity index (χ0) is 21.6. The van der Waals surface area contributed by atoms with Gasteiger partial charge in [-0.3, -0.25) is 4.98 Å². The number of aliphatic hydroxyl groups is 1. The van der Waals surface area contributed by atoms with Gasteiger partial charge in [-0.2, -0.15) is 5.10 Å². The summed E-state index contributed by atoms with van der Waals surface area (Å²) in [7, 11) is 0. The van der Waals surface area contributed by atoms with Crippen molar-refractivity contribution in [3.05, 3.63) is 58.3 Å². The van der Waals surface area contributed by atoms with E-state index in [1.807, 2.05) is 10.6 Å². The average molecular weight is 484 g/mol. The van der Waals surface area contributed by atoms with Crippen LogP contribution >= 0.6 is 15.9 Å². The van der Waals surface area contributed by atoms with Crippen LogP contribution in [-0.2, 0) is 13.0 Å². The van der Waals surface area contributed by atoms with E-state index in [-0.39, 0.29) is 18.0 Å². The molecule has 0 amide bonds. The fraction of sp³-hybridized carbons (Fsp3) is 0.348. The quantitative estimate of drug-likeness (QED) is 0.424. The standard InChI is InChI=1S/C23H23BrFN5O/c1-2-20-21(24)19(12-27-23(13-31)6-3-7-23)29-22-17(11-28-30(20)22)15-8-14-9-16(25)4-5-18(14)26-10-15/h4-5,8-11,27,31H,2-3,6-7,12-13H2,1H3. The van der Waals surface area contributed by atoms with Gasteiger partial charge in [0.2, 0.25) is 0 Å². The molecule has 1 aliphatic rings. The van der Waals surface area contributed by atoms with Crippen molar-refractivity contribution in [1.29, 1.82) is 0 Å². The molecule has 6 nitrogen and oxygen atoms in total. The van der Waals surface area contributed by atoms with E-state index in [0.717, 1.165) is 69.2 Å². The number of pyridine rings is 1. The number of benzene rings is 1. The largest absolute Gasteiger partial charge is 0.394 e. The first-order valence-electron chi connectivity index (χ1n) is 10.5. The normalized spacial score (nSPS) is 15.5. The minimum atomic E-state index is -0.288. The number of hydrogen-bond donors (Lipinski definition) is 2. The van der Waals surface area contributed by atoms with Gasteiger partial charge in [-0.15, -0.1) is 0 Å². The van der Waals surface area contributed by atoms with E-state index in [9.17, 15) is 9.50 Å². The van der Waals surface area contributed by atoms with Crippen LogP contribution in [0.15, 0.2) is 41.1 Å². The van der Waals surface area contributed by atoms with E-state index < -0.39 is 0 Å². The average Bonchev–Trinajstić information content (AvgIpc) is 3.16. The maximum atomic E-state index is 13.7. The number of aryl methyl sites for hydroxylation is 1. The van der Waals surface area contributed by atoms with Crippen LogP contribution < -0.4 is 5.32 Å². The Balaban J connectivity index is 1.60. The van der Waals surface area contributed by atoms with Crippen LogP contribution in [0.2, 0.25) is 0 Å². The van der Waals surface area contributed by atoms with E-state index in [1.54, 1.807) is 18.5 Å². The first-order chi connectivity index (χ1) is 15.0. The highest BCUT2D eigenvalue weighted by Crippen LogP contribution is 2.33. The topological polar surface area (TPSA) is 75.3 Å². The molecule has 8 heteroatoms. The van der Waals surface area contributed by atoms with Crippen molar-refractivity contribution >= 4 is 32.5 Å². The van der Waals surface area contributed by atoms with Crippen molar-refractivity contribution in [2.45, 2.75) is 44.7 Å². The van der Waals surface area contributed by atoms with Gasteiger partial charge in [0.15, 0.2) is 5.65 Å². The fourth-order valence-electron chi connectivity index (χ4n) is 4.22. The maximum absolute atomic E-state index is 13.7. The Hall–Kier alpha value is -2.42. The minimum Gasteiger partial charge on any atom is -0.394 e. The second-order valence-electron chi connectivity index (χ2n) is 8.17. The summed E-state index contributed by atoms with van der Waals surface area (Å²) in [5.74, 6) is -0.288. The van der Waals surface area contributed by atoms with Gasteiger partial charge in [-0.25, -0.2) is 13.9 Å². The molecule has 4 aromatic rings. The Morgan fingerprint density at radius 1 is 1.26 bits per heavy atom. The van der Waals surface area contributed by atoms with E-state index in [0.29, 0.717) is 6.54 Å². The summed E-state index contributed by atoms with van der Waals surface area (Å²) >= 11 is 3.72. The molecular weight excluding hydrogens is 461 g/mol. The van der Waals surface area contributed by atoms with E-state index >= 15 is 0 Å². The number of halogens is 2. The number of nitrogens with zero attached hydrogens (tertiary/aromatic N) is 4. The molecule has 1 saturated carbocycles. The van der Waals surface area contributed by atoms with Crippen molar-refractivity contribution in [2.24, 2.45) is 0 Å². The Kier molecular flexibility index (Phi) is 5.24. The molecule has 5 rings (SSSR count). The van der Waals surface area contributed by atoms with Crippen LogP contribution in [0.5, 0.6) is 0 Å². The maximum Gasteiger partial charge on any atom is 0.163 e. The molecule has 0 aliphatic heterocycles. The lowest BCUT2D eigenvalue weighted by molar-refractivity contribution is 0.0868. The van der Waals surface area contributed by atoms with Crippen LogP contribution in [-0.4, -0.2) is 36.8 Å². The van der Waals surface area contributed by atoms with Crippen LogP contribution in [0.1, 0.15) is 37.6 Å². The van der Waals surface area contributed by atoms with E-state index in [4.69, 9.17) is 4.98 Å². The second kappa shape index (κ2) is 7.93. The van der Waals surface area contributed by atoms with Crippen LogP contribution in [0.3, 0.4) is 0 Å². The highest BCUT2D eigenvalue weighted by molar-refractivity contribution is 9.10. The monoisotopic (exact) mass is 483 g/mol. The summed E-state index contributed by atoms with van der Waals surface area (Å²) in [6, 6.07) is 6.50. The number of nitrogens with one attached hydrogen (secondary N) is 1. The molecule has 2 N–H and O–H groups in total. The molecule has 0 saturated heterocycles. The van der Waals surface area contributed by atoms with Crippen molar-refractivity contribution in [2.75, 3.05) is 6.61 Å². The van der Waals surface area contributed by atoms with Gasteiger partial charge in [0.05, 0.1) is 34.2 Å². The molecule has 0 bridgehead atoms. The molecule has 0 unspecified atom stereocenters. The first-order valence-corrected chi connectivity index (χ1v) is 11.3. The van der Waals surface area contributed by atoms with Gasteiger partial charge in [-0.05, 0) is 65.9 Å². The predicted molar refractivity (Wildman–Crippen MR) is 121 cm³/mol. The minimum absolute atomic E-state index is 0.130. The molecule has 1 fully saturated rings. The molecule has 0 atom stereocenters. The summed E-state index contributed by atoms with van der Waals surface area (Å²) < 4.78 is 16.5. The van der Waals surface area contributed by atoms with Crippen LogP contribution in [0, 0.1) is 5.82 Å². The Bertz CT molecular complexity index is 1280. The SMILES string of the molecule is CCc1c(Br)c(CNC2(CO)CCC2)nc2c(-c3cnc4ccc(F)cc4c3)cnn12. The molecule has 3 aromatic heterocycles. The molecular formula is C23H23BrFN5O. The number of aliphatic hydroxyl groups excluding tert-OH is 1. The van der Waals surface area contributed by atoms with Gasteiger partial charge in [0, 0.05) is 34.8 Å². The van der Waals surface area contributed by atoms with Gasteiger partial charge < -0.3 is 10.4 Å². The third-order valence-electron chi connectivity index (χ3n) is 6.28. The van der Waals surface area contributed by atoms with E-state index in [2.05, 4.69) is 38.3 Å². The smallest absolute Gasteiger partial charge is 0.163 e. The Labute approximate surface area is 187 Å². The summed E-state index contributed by atoms with van der Waals surface area (Å²) in [6.45, 7) is 2.76. The number of fused-ring (bicyclic) bond motifs is 2. The molecule has 3 heterocycles. The van der Waals surface area contributed by atoms with Gasteiger partial charge in [0.25, 0.3) is 0 Å². The van der Waals surface area contributed by atoms with Crippen LogP contribution in [0.4, 0.5) is 4.39 Å². The molecule has 0 spiro atoms. The first kappa shape index (κ1) is 20.5. The molecule has 1 aromatic carbocycles. The third kappa shape index (κ3) is 3.52. The number of rotatable bonds is 6. The number of aromatic nitrogens is 4. The summed E-state index contributed by atoms with van der Waals surface area (Å²) in [5.41, 5.74) is 4.88. The van der Waals surface area contributed by atoms with Crippen LogP contribution in [0.25, 0.3) is 27.7 Å². The summed E-state index contributed by atoms with van der Waals surface area (Å²) in [6.07, 6.45) is 7.42. The number of hydrogen-bond acceptors (Lipinski definition) is 5. The van der Waals surface area contributed by atoms with Gasteiger partial charge in [0.1, 0.15) is 5.82 Å². The third-order valence-corrected chi connectivity index (χ3v) is 7.20. The lowest BCUT2D eigenvalue weighted by atomic mass is 9.77. The van der Waals surface area contributed by atoms with Gasteiger partial charge in [-0.1, -0.05) is 6.92 Å². The predicted octanol–water partition coefficient (Wildman–Crippen LogP) is 4.41. The zero-order valence-electron chi connectivity index (χ0n) is 17.2. The molecule has 0 radical (unpaired) electrons. The zero-order valence-corrected chi connectivity index (χ0v) is 18.8. The molecule has 31 heavy (non-hydrogen) atoms. The van der Waals surface area contributed by atoms with Crippen molar-refractivity contribution in [1.82, 2.24) is 24.9 Å². The highest BCUT2D eigenvalue weighted by Gasteiger charge is 2.36. The Morgan fingerprint density at radius 2 is 2.10 bits per heavy atom.